The number of hydrogen-bond donors (Lipinski definition) is 1. The summed E-state index contributed by atoms with van der Waals surface area (Å²) in [7, 11) is 4.70. The Morgan fingerprint density at radius 2 is 1.69 bits per heavy atom. The third-order valence-electron chi connectivity index (χ3n) is 6.90. The summed E-state index contributed by atoms with van der Waals surface area (Å²) < 4.78 is 16.1. The molecule has 2 aromatic carbocycles. The number of hydrogen-bond acceptors (Lipinski definition) is 6. The van der Waals surface area contributed by atoms with Crippen LogP contribution in [0.5, 0.6) is 17.2 Å². The second kappa shape index (κ2) is 11.3. The molecule has 2 aliphatic rings. The van der Waals surface area contributed by atoms with Gasteiger partial charge in [0, 0.05) is 43.7 Å². The van der Waals surface area contributed by atoms with E-state index in [1.54, 1.807) is 44.4 Å². The molecule has 2 aliphatic heterocycles. The van der Waals surface area contributed by atoms with Gasteiger partial charge in [-0.25, -0.2) is 0 Å². The van der Waals surface area contributed by atoms with Crippen molar-refractivity contribution in [3.63, 3.8) is 0 Å². The lowest BCUT2D eigenvalue weighted by molar-refractivity contribution is -0.132. The van der Waals surface area contributed by atoms with Crippen LogP contribution in [0.1, 0.15) is 24.8 Å². The number of carbonyl (C=O) groups excluding carboxylic acids is 3. The van der Waals surface area contributed by atoms with Crippen LogP contribution in [0.4, 0.5) is 5.69 Å². The van der Waals surface area contributed by atoms with Gasteiger partial charge in [0.1, 0.15) is 17.2 Å². The fourth-order valence-corrected chi connectivity index (χ4v) is 4.84. The van der Waals surface area contributed by atoms with E-state index < -0.39 is 5.92 Å². The first kappa shape index (κ1) is 25.3. The highest BCUT2D eigenvalue weighted by atomic mass is 16.5. The van der Waals surface area contributed by atoms with E-state index in [-0.39, 0.29) is 43.1 Å². The largest absolute Gasteiger partial charge is 0.497 e. The third-order valence-corrected chi connectivity index (χ3v) is 6.90. The average Bonchev–Trinajstić information content (AvgIpc) is 3.30. The van der Waals surface area contributed by atoms with Crippen LogP contribution in [0.25, 0.3) is 0 Å². The van der Waals surface area contributed by atoms with E-state index in [1.807, 2.05) is 29.2 Å². The van der Waals surface area contributed by atoms with Gasteiger partial charge in [-0.3, -0.25) is 14.4 Å². The van der Waals surface area contributed by atoms with Gasteiger partial charge in [-0.05, 0) is 31.0 Å². The maximum absolute atomic E-state index is 13.0. The monoisotopic (exact) mass is 495 g/mol. The summed E-state index contributed by atoms with van der Waals surface area (Å²) in [5.74, 6) is 1.21. The fourth-order valence-electron chi connectivity index (χ4n) is 4.84. The number of methoxy groups -OCH3 is 3. The molecule has 0 radical (unpaired) electrons. The predicted molar refractivity (Wildman–Crippen MR) is 134 cm³/mol. The number of nitrogens with one attached hydrogen (secondary N) is 1. The summed E-state index contributed by atoms with van der Waals surface area (Å²) in [6.07, 6.45) is 1.78. The highest BCUT2D eigenvalue weighted by Gasteiger charge is 2.37. The van der Waals surface area contributed by atoms with Crippen molar-refractivity contribution in [2.75, 3.05) is 45.9 Å². The molecule has 2 saturated heterocycles. The number of likely N-dealkylation sites (tertiary alicyclic amines) is 1. The lowest BCUT2D eigenvalue weighted by atomic mass is 10.0. The Labute approximate surface area is 211 Å². The Bertz CT molecular complexity index is 1110. The minimum Gasteiger partial charge on any atom is -0.497 e. The molecule has 2 fully saturated rings. The van der Waals surface area contributed by atoms with Gasteiger partial charge >= 0.3 is 0 Å². The smallest absolute Gasteiger partial charge is 0.227 e. The standard InChI is InChI=1S/C27H33N3O6/c1-34-21-8-9-24(36-3)22(16-21)30-17-19(15-26(30)32)27(33)28-20-10-12-29(13-11-20)25(31)14-18-6-4-5-7-23(18)35-2/h4-9,16,19-20H,10-15,17H2,1-3H3,(H,28,33). The molecule has 192 valence electrons. The molecule has 36 heavy (non-hydrogen) atoms. The molecule has 1 N–H and O–H groups in total. The van der Waals surface area contributed by atoms with Crippen molar-refractivity contribution in [3.05, 3.63) is 48.0 Å². The van der Waals surface area contributed by atoms with Crippen LogP contribution in [0.2, 0.25) is 0 Å². The van der Waals surface area contributed by atoms with Crippen LogP contribution in [-0.2, 0) is 20.8 Å². The van der Waals surface area contributed by atoms with Crippen LogP contribution in [-0.4, -0.2) is 69.6 Å². The average molecular weight is 496 g/mol. The Kier molecular flexibility index (Phi) is 7.97. The molecule has 0 bridgehead atoms. The fraction of sp³-hybridized carbons (Fsp3) is 0.444. The van der Waals surface area contributed by atoms with Crippen molar-refractivity contribution in [2.45, 2.75) is 31.7 Å². The predicted octanol–water partition coefficient (Wildman–Crippen LogP) is 2.42. The highest BCUT2D eigenvalue weighted by molar-refractivity contribution is 6.01. The normalized spacial score (nSPS) is 18.2. The SMILES string of the molecule is COc1ccc(OC)c(N2CC(C(=O)NC3CCN(C(=O)Cc4ccccc4OC)CC3)CC2=O)c1. The molecule has 2 aromatic rings. The summed E-state index contributed by atoms with van der Waals surface area (Å²) in [6, 6.07) is 12.8. The van der Waals surface area contributed by atoms with Gasteiger partial charge in [-0.15, -0.1) is 0 Å². The zero-order chi connectivity index (χ0) is 25.7. The van der Waals surface area contributed by atoms with Crippen molar-refractivity contribution in [3.8, 4) is 17.2 Å². The highest BCUT2D eigenvalue weighted by Crippen LogP contribution is 2.36. The zero-order valence-corrected chi connectivity index (χ0v) is 21.0. The van der Waals surface area contributed by atoms with E-state index in [2.05, 4.69) is 5.32 Å². The number of carbonyl (C=O) groups is 3. The van der Waals surface area contributed by atoms with Gasteiger partial charge in [0.2, 0.25) is 17.7 Å². The quantitative estimate of drug-likeness (QED) is 0.604. The lowest BCUT2D eigenvalue weighted by Gasteiger charge is -2.33. The van der Waals surface area contributed by atoms with Crippen LogP contribution in [0.15, 0.2) is 42.5 Å². The summed E-state index contributed by atoms with van der Waals surface area (Å²) in [6.45, 7) is 1.44. The molecule has 2 heterocycles. The van der Waals surface area contributed by atoms with Crippen LogP contribution < -0.4 is 24.4 Å². The van der Waals surface area contributed by atoms with Crippen molar-refractivity contribution < 1.29 is 28.6 Å². The molecular weight excluding hydrogens is 462 g/mol. The summed E-state index contributed by atoms with van der Waals surface area (Å²) in [5, 5.41) is 3.10. The van der Waals surface area contributed by atoms with Crippen LogP contribution in [0.3, 0.4) is 0 Å². The number of nitrogens with zero attached hydrogens (tertiary/aromatic N) is 2. The molecule has 1 unspecified atom stereocenters. The molecule has 9 nitrogen and oxygen atoms in total. The first-order valence-corrected chi connectivity index (χ1v) is 12.2. The zero-order valence-electron chi connectivity index (χ0n) is 21.0. The van der Waals surface area contributed by atoms with Gasteiger partial charge in [-0.1, -0.05) is 18.2 Å². The number of benzene rings is 2. The van der Waals surface area contributed by atoms with Crippen molar-refractivity contribution in [1.29, 1.82) is 0 Å². The minimum atomic E-state index is -0.446. The molecule has 3 amide bonds. The van der Waals surface area contributed by atoms with Gasteiger partial charge in [0.05, 0.1) is 39.4 Å². The Balaban J connectivity index is 1.30. The van der Waals surface area contributed by atoms with E-state index in [4.69, 9.17) is 14.2 Å². The van der Waals surface area contributed by atoms with Crippen LogP contribution in [0, 0.1) is 5.92 Å². The van der Waals surface area contributed by atoms with Gasteiger partial charge in [0.15, 0.2) is 0 Å². The molecule has 0 saturated carbocycles. The minimum absolute atomic E-state index is 0.0247. The van der Waals surface area contributed by atoms with Crippen LogP contribution >= 0.6 is 0 Å². The van der Waals surface area contributed by atoms with E-state index in [1.165, 1.54) is 0 Å². The van der Waals surface area contributed by atoms with Gasteiger partial charge in [0.25, 0.3) is 0 Å². The maximum atomic E-state index is 13.0. The number of amides is 3. The Hall–Kier alpha value is -3.75. The first-order valence-electron chi connectivity index (χ1n) is 12.2. The summed E-state index contributed by atoms with van der Waals surface area (Å²) >= 11 is 0. The van der Waals surface area contributed by atoms with Crippen molar-refractivity contribution in [2.24, 2.45) is 5.92 Å². The third kappa shape index (κ3) is 5.56. The summed E-state index contributed by atoms with van der Waals surface area (Å²) in [5.41, 5.74) is 1.46. The van der Waals surface area contributed by atoms with E-state index in [9.17, 15) is 14.4 Å². The number of ether oxygens (including phenoxy) is 3. The first-order chi connectivity index (χ1) is 17.4. The molecule has 1 atom stereocenters. The van der Waals surface area contributed by atoms with Crippen molar-refractivity contribution in [1.82, 2.24) is 10.2 Å². The van der Waals surface area contributed by atoms with Gasteiger partial charge in [-0.2, -0.15) is 0 Å². The van der Waals surface area contributed by atoms with E-state index in [0.717, 1.165) is 5.56 Å². The Morgan fingerprint density at radius 3 is 2.39 bits per heavy atom. The van der Waals surface area contributed by atoms with E-state index >= 15 is 0 Å². The Morgan fingerprint density at radius 1 is 0.972 bits per heavy atom. The second-order valence-corrected chi connectivity index (χ2v) is 9.10. The topological polar surface area (TPSA) is 97.4 Å². The number of rotatable bonds is 8. The molecule has 0 aliphatic carbocycles. The maximum Gasteiger partial charge on any atom is 0.227 e. The molecule has 0 spiro atoms. The van der Waals surface area contributed by atoms with Gasteiger partial charge < -0.3 is 29.3 Å². The molecule has 4 rings (SSSR count). The number of para-hydroxylation sites is 1. The summed E-state index contributed by atoms with van der Waals surface area (Å²) in [4.78, 5) is 42.0. The number of anilines is 1. The second-order valence-electron chi connectivity index (χ2n) is 9.10. The number of piperidine rings is 1. The molecular formula is C27H33N3O6. The molecule has 0 aromatic heterocycles. The molecule has 9 heteroatoms. The van der Waals surface area contributed by atoms with Crippen molar-refractivity contribution >= 4 is 23.4 Å². The lowest BCUT2D eigenvalue weighted by Crippen LogP contribution is -2.48. The van der Waals surface area contributed by atoms with E-state index in [0.29, 0.717) is 48.9 Å².